The predicted octanol–water partition coefficient (Wildman–Crippen LogP) is 11.9. The van der Waals surface area contributed by atoms with Crippen LogP contribution in [0.25, 0.3) is 98.3 Å². The lowest BCUT2D eigenvalue weighted by Crippen LogP contribution is -1.94. The first-order valence-corrected chi connectivity index (χ1v) is 15.9. The molecular formula is C44H26N2. The Morgan fingerprint density at radius 3 is 1.76 bits per heavy atom. The van der Waals surface area contributed by atoms with Crippen LogP contribution in [0.3, 0.4) is 0 Å². The Labute approximate surface area is 264 Å². The zero-order valence-corrected chi connectivity index (χ0v) is 24.9. The van der Waals surface area contributed by atoms with Gasteiger partial charge in [0.25, 0.3) is 0 Å². The minimum Gasteiger partial charge on any atom is -0.309 e. The Balaban J connectivity index is 1.24. The number of para-hydroxylation sites is 2. The molecule has 0 unspecified atom stereocenters. The first kappa shape index (κ1) is 24.2. The molecule has 0 spiro atoms. The number of hydrogen-bond donors (Lipinski definition) is 0. The molecule has 0 aliphatic rings. The van der Waals surface area contributed by atoms with Crippen LogP contribution in [0, 0.1) is 0 Å². The van der Waals surface area contributed by atoms with E-state index in [4.69, 9.17) is 0 Å². The maximum atomic E-state index is 2.50. The molecule has 212 valence electrons. The standard InChI is InChI=1S/C44H26N2/c1-2-11-31(12-3-1)45-40-25-29(19-21-34(40)37-23-17-27-9-4-5-13-32(27)43(37)45)30-20-22-35-38-24-18-28-10-8-15-36-33-14-6-7-16-39(33)46(41(35)26-30)44(38)42(28)36/h1-26H. The highest BCUT2D eigenvalue weighted by Gasteiger charge is 2.19. The number of benzene rings is 8. The molecule has 0 atom stereocenters. The molecule has 0 radical (unpaired) electrons. The number of rotatable bonds is 2. The molecule has 3 heterocycles. The minimum absolute atomic E-state index is 1.17. The summed E-state index contributed by atoms with van der Waals surface area (Å²) in [7, 11) is 0. The van der Waals surface area contributed by atoms with E-state index in [1.807, 2.05) is 0 Å². The molecule has 0 aliphatic heterocycles. The summed E-state index contributed by atoms with van der Waals surface area (Å²) in [6, 6.07) is 58.2. The second-order valence-electron chi connectivity index (χ2n) is 12.5. The second kappa shape index (κ2) is 8.74. The summed E-state index contributed by atoms with van der Waals surface area (Å²) in [5.41, 5.74) is 9.89. The fraction of sp³-hybridized carbons (Fsp3) is 0. The van der Waals surface area contributed by atoms with Gasteiger partial charge in [0.15, 0.2) is 0 Å². The van der Waals surface area contributed by atoms with Gasteiger partial charge in [-0.15, -0.1) is 0 Å². The summed E-state index contributed by atoms with van der Waals surface area (Å²) in [6.45, 7) is 0. The van der Waals surface area contributed by atoms with Crippen molar-refractivity contribution in [2.75, 3.05) is 0 Å². The normalized spacial score (nSPS) is 12.3. The van der Waals surface area contributed by atoms with Crippen molar-refractivity contribution in [3.05, 3.63) is 158 Å². The third-order valence-corrected chi connectivity index (χ3v) is 10.2. The highest BCUT2D eigenvalue weighted by Crippen LogP contribution is 2.43. The van der Waals surface area contributed by atoms with Crippen LogP contribution in [0.2, 0.25) is 0 Å². The first-order valence-electron chi connectivity index (χ1n) is 15.9. The van der Waals surface area contributed by atoms with Gasteiger partial charge in [-0.2, -0.15) is 0 Å². The Morgan fingerprint density at radius 1 is 0.326 bits per heavy atom. The van der Waals surface area contributed by atoms with Gasteiger partial charge in [-0.3, -0.25) is 0 Å². The topological polar surface area (TPSA) is 9.34 Å². The Morgan fingerprint density at radius 2 is 0.913 bits per heavy atom. The van der Waals surface area contributed by atoms with Gasteiger partial charge < -0.3 is 8.97 Å². The molecule has 0 bridgehead atoms. The fourth-order valence-corrected chi connectivity index (χ4v) is 8.23. The summed E-state index contributed by atoms with van der Waals surface area (Å²) in [5.74, 6) is 0. The maximum Gasteiger partial charge on any atom is 0.0625 e. The molecule has 46 heavy (non-hydrogen) atoms. The summed E-state index contributed by atoms with van der Waals surface area (Å²) >= 11 is 0. The highest BCUT2D eigenvalue weighted by atomic mass is 15.0. The van der Waals surface area contributed by atoms with E-state index in [2.05, 4.69) is 167 Å². The molecule has 2 nitrogen and oxygen atoms in total. The Kier molecular flexibility index (Phi) is 4.61. The first-order chi connectivity index (χ1) is 22.8. The van der Waals surface area contributed by atoms with Crippen molar-refractivity contribution in [3.63, 3.8) is 0 Å². The van der Waals surface area contributed by atoms with Crippen molar-refractivity contribution in [1.82, 2.24) is 8.97 Å². The molecule has 0 amide bonds. The summed E-state index contributed by atoms with van der Waals surface area (Å²) in [6.07, 6.45) is 0. The van der Waals surface area contributed by atoms with E-state index >= 15 is 0 Å². The van der Waals surface area contributed by atoms with Crippen molar-refractivity contribution in [1.29, 1.82) is 0 Å². The SMILES string of the molecule is c1ccc(-n2c3cc(-c4ccc5c6ccc7cccc8c9ccccc9n(c5c4)c6c78)ccc3c3ccc4ccccc4c32)cc1. The van der Waals surface area contributed by atoms with Crippen LogP contribution in [0.5, 0.6) is 0 Å². The van der Waals surface area contributed by atoms with Gasteiger partial charge in [0.2, 0.25) is 0 Å². The number of nitrogens with zero attached hydrogens (tertiary/aromatic N) is 2. The molecule has 0 aliphatic carbocycles. The van der Waals surface area contributed by atoms with E-state index in [0.29, 0.717) is 0 Å². The fourth-order valence-electron chi connectivity index (χ4n) is 8.23. The summed E-state index contributed by atoms with van der Waals surface area (Å²) < 4.78 is 4.96. The van der Waals surface area contributed by atoms with E-state index in [0.717, 1.165) is 0 Å². The molecule has 0 saturated heterocycles. The van der Waals surface area contributed by atoms with Gasteiger partial charge in [0, 0.05) is 43.4 Å². The predicted molar refractivity (Wildman–Crippen MR) is 196 cm³/mol. The highest BCUT2D eigenvalue weighted by molar-refractivity contribution is 6.28. The zero-order chi connectivity index (χ0) is 29.9. The average Bonchev–Trinajstić information content (AvgIpc) is 3.64. The maximum absolute atomic E-state index is 2.50. The summed E-state index contributed by atoms with van der Waals surface area (Å²) in [4.78, 5) is 0. The number of aromatic nitrogens is 2. The average molecular weight is 583 g/mol. The van der Waals surface area contributed by atoms with E-state index in [1.54, 1.807) is 0 Å². The molecule has 0 saturated carbocycles. The molecule has 11 rings (SSSR count). The van der Waals surface area contributed by atoms with Gasteiger partial charge in [0.05, 0.1) is 27.6 Å². The van der Waals surface area contributed by atoms with E-state index in [-0.39, 0.29) is 0 Å². The van der Waals surface area contributed by atoms with Crippen molar-refractivity contribution in [3.8, 4) is 16.8 Å². The van der Waals surface area contributed by atoms with Crippen molar-refractivity contribution < 1.29 is 0 Å². The van der Waals surface area contributed by atoms with Crippen molar-refractivity contribution in [2.24, 2.45) is 0 Å². The Hall–Kier alpha value is -6.12. The molecule has 2 heteroatoms. The van der Waals surface area contributed by atoms with Crippen LogP contribution >= 0.6 is 0 Å². The molecule has 0 N–H and O–H groups in total. The zero-order valence-electron chi connectivity index (χ0n) is 24.9. The van der Waals surface area contributed by atoms with Gasteiger partial charge in [-0.05, 0) is 57.6 Å². The number of hydrogen-bond acceptors (Lipinski definition) is 0. The Bertz CT molecular complexity index is 3010. The smallest absolute Gasteiger partial charge is 0.0625 e. The van der Waals surface area contributed by atoms with Crippen LogP contribution in [0.4, 0.5) is 0 Å². The van der Waals surface area contributed by atoms with Crippen LogP contribution < -0.4 is 0 Å². The quantitative estimate of drug-likeness (QED) is 0.142. The van der Waals surface area contributed by atoms with Crippen LogP contribution in [-0.2, 0) is 0 Å². The minimum atomic E-state index is 1.17. The van der Waals surface area contributed by atoms with Crippen LogP contribution in [-0.4, -0.2) is 8.97 Å². The van der Waals surface area contributed by atoms with Crippen molar-refractivity contribution in [2.45, 2.75) is 0 Å². The van der Waals surface area contributed by atoms with Gasteiger partial charge in [-0.25, -0.2) is 0 Å². The van der Waals surface area contributed by atoms with Crippen LogP contribution in [0.15, 0.2) is 158 Å². The molecule has 8 aromatic carbocycles. The lowest BCUT2D eigenvalue weighted by molar-refractivity contribution is 1.19. The number of pyridine rings is 1. The molecular weight excluding hydrogens is 556 g/mol. The van der Waals surface area contributed by atoms with Gasteiger partial charge in [0.1, 0.15) is 0 Å². The molecule has 3 aromatic heterocycles. The van der Waals surface area contributed by atoms with E-state index < -0.39 is 0 Å². The lowest BCUT2D eigenvalue weighted by atomic mass is 9.98. The van der Waals surface area contributed by atoms with Gasteiger partial charge >= 0.3 is 0 Å². The van der Waals surface area contributed by atoms with Gasteiger partial charge in [-0.1, -0.05) is 127 Å². The molecule has 11 aromatic rings. The second-order valence-corrected chi connectivity index (χ2v) is 12.5. The monoisotopic (exact) mass is 582 g/mol. The molecule has 0 fully saturated rings. The van der Waals surface area contributed by atoms with E-state index in [9.17, 15) is 0 Å². The largest absolute Gasteiger partial charge is 0.309 e. The van der Waals surface area contributed by atoms with E-state index in [1.165, 1.54) is 98.3 Å². The third-order valence-electron chi connectivity index (χ3n) is 10.2. The summed E-state index contributed by atoms with van der Waals surface area (Å²) in [5, 5.41) is 12.9. The van der Waals surface area contributed by atoms with Crippen molar-refractivity contribution >= 4 is 81.4 Å². The van der Waals surface area contributed by atoms with Crippen LogP contribution in [0.1, 0.15) is 0 Å². The lowest BCUT2D eigenvalue weighted by Gasteiger charge is -2.13. The number of fused-ring (bicyclic) bond motifs is 11. The third kappa shape index (κ3) is 3.05.